The van der Waals surface area contributed by atoms with Gasteiger partial charge in [0.1, 0.15) is 5.60 Å². The van der Waals surface area contributed by atoms with E-state index in [0.29, 0.717) is 6.54 Å². The maximum absolute atomic E-state index is 11.9. The molecule has 4 heteroatoms. The van der Waals surface area contributed by atoms with Gasteiger partial charge in [-0.15, -0.1) is 0 Å². The standard InChI is InChI=1S/C13H24N2O2/c1-13(2,3)17-12(16)15-8-6-7-11(10-15)9-14(4)5/h9H,6-8,10H2,1-5H3. The van der Waals surface area contributed by atoms with Gasteiger partial charge in [-0.05, 0) is 45.4 Å². The fourth-order valence-electron chi connectivity index (χ4n) is 1.85. The number of hydrogen-bond acceptors (Lipinski definition) is 3. The first-order valence-corrected chi connectivity index (χ1v) is 6.12. The molecule has 0 N–H and O–H groups in total. The van der Waals surface area contributed by atoms with Crippen LogP contribution in [0.5, 0.6) is 0 Å². The van der Waals surface area contributed by atoms with Crippen molar-refractivity contribution in [3.05, 3.63) is 11.8 Å². The van der Waals surface area contributed by atoms with Crippen LogP contribution in [0.3, 0.4) is 0 Å². The van der Waals surface area contributed by atoms with Crippen LogP contribution in [0.2, 0.25) is 0 Å². The largest absolute Gasteiger partial charge is 0.444 e. The molecule has 0 bridgehead atoms. The maximum atomic E-state index is 11.9. The van der Waals surface area contributed by atoms with E-state index < -0.39 is 5.60 Å². The molecule has 1 saturated heterocycles. The minimum Gasteiger partial charge on any atom is -0.444 e. The van der Waals surface area contributed by atoms with Gasteiger partial charge in [0.15, 0.2) is 0 Å². The first kappa shape index (κ1) is 13.9. The lowest BCUT2D eigenvalue weighted by Crippen LogP contribution is -2.40. The smallest absolute Gasteiger partial charge is 0.410 e. The molecular weight excluding hydrogens is 216 g/mol. The summed E-state index contributed by atoms with van der Waals surface area (Å²) in [5.41, 5.74) is 0.868. The average molecular weight is 240 g/mol. The number of rotatable bonds is 1. The summed E-state index contributed by atoms with van der Waals surface area (Å²) in [6.45, 7) is 7.16. The van der Waals surface area contributed by atoms with E-state index in [2.05, 4.69) is 6.20 Å². The Hall–Kier alpha value is -1.19. The Bertz CT molecular complexity index is 303. The Morgan fingerprint density at radius 1 is 1.41 bits per heavy atom. The predicted octanol–water partition coefficient (Wildman–Crippen LogP) is 2.46. The molecule has 0 aromatic carbocycles. The lowest BCUT2D eigenvalue weighted by Gasteiger charge is -2.31. The Morgan fingerprint density at radius 3 is 2.59 bits per heavy atom. The van der Waals surface area contributed by atoms with Crippen molar-refractivity contribution in [2.24, 2.45) is 0 Å². The summed E-state index contributed by atoms with van der Waals surface area (Å²) in [6, 6.07) is 0. The fraction of sp³-hybridized carbons (Fsp3) is 0.769. The highest BCUT2D eigenvalue weighted by Gasteiger charge is 2.24. The summed E-state index contributed by atoms with van der Waals surface area (Å²) in [7, 11) is 4.00. The molecular formula is C13H24N2O2. The van der Waals surface area contributed by atoms with E-state index in [-0.39, 0.29) is 6.09 Å². The molecule has 1 aliphatic rings. The molecule has 0 spiro atoms. The van der Waals surface area contributed by atoms with Gasteiger partial charge in [0, 0.05) is 27.2 Å². The number of amides is 1. The zero-order chi connectivity index (χ0) is 13.1. The van der Waals surface area contributed by atoms with E-state index in [4.69, 9.17) is 4.74 Å². The van der Waals surface area contributed by atoms with Gasteiger partial charge in [0.2, 0.25) is 0 Å². The van der Waals surface area contributed by atoms with E-state index in [1.54, 1.807) is 4.90 Å². The Balaban J connectivity index is 2.58. The van der Waals surface area contributed by atoms with E-state index in [1.807, 2.05) is 39.8 Å². The van der Waals surface area contributed by atoms with Crippen LogP contribution >= 0.6 is 0 Å². The molecule has 17 heavy (non-hydrogen) atoms. The lowest BCUT2D eigenvalue weighted by molar-refractivity contribution is 0.0246. The van der Waals surface area contributed by atoms with Crippen LogP contribution in [0.4, 0.5) is 4.79 Å². The van der Waals surface area contributed by atoms with Crippen LogP contribution in [-0.2, 0) is 4.74 Å². The molecule has 1 amide bonds. The molecule has 98 valence electrons. The van der Waals surface area contributed by atoms with Gasteiger partial charge in [-0.1, -0.05) is 0 Å². The molecule has 0 saturated carbocycles. The van der Waals surface area contributed by atoms with Crippen molar-refractivity contribution in [1.82, 2.24) is 9.80 Å². The van der Waals surface area contributed by atoms with Gasteiger partial charge in [-0.2, -0.15) is 0 Å². The third-order valence-electron chi connectivity index (χ3n) is 2.41. The molecule has 0 atom stereocenters. The molecule has 1 heterocycles. The van der Waals surface area contributed by atoms with Crippen LogP contribution in [0, 0.1) is 0 Å². The van der Waals surface area contributed by atoms with Gasteiger partial charge in [0.05, 0.1) is 0 Å². The SMILES string of the molecule is CN(C)C=C1CCCN(C(=O)OC(C)(C)C)C1. The van der Waals surface area contributed by atoms with Gasteiger partial charge in [0.25, 0.3) is 0 Å². The summed E-state index contributed by atoms with van der Waals surface area (Å²) in [5.74, 6) is 0. The normalized spacial score (nSPS) is 19.4. The van der Waals surface area contributed by atoms with Crippen LogP contribution < -0.4 is 0 Å². The van der Waals surface area contributed by atoms with Crippen molar-refractivity contribution in [2.45, 2.75) is 39.2 Å². The topological polar surface area (TPSA) is 32.8 Å². The molecule has 0 radical (unpaired) electrons. The van der Waals surface area contributed by atoms with Crippen molar-refractivity contribution in [3.63, 3.8) is 0 Å². The first-order chi connectivity index (χ1) is 7.78. The van der Waals surface area contributed by atoms with Crippen molar-refractivity contribution in [2.75, 3.05) is 27.2 Å². The maximum Gasteiger partial charge on any atom is 0.410 e. The van der Waals surface area contributed by atoms with Crippen LogP contribution in [0.25, 0.3) is 0 Å². The number of hydrogen-bond donors (Lipinski definition) is 0. The second-order valence-corrected chi connectivity index (χ2v) is 5.76. The number of piperidine rings is 1. The quantitative estimate of drug-likeness (QED) is 0.706. The number of carbonyl (C=O) groups is 1. The molecule has 0 aliphatic carbocycles. The highest BCUT2D eigenvalue weighted by atomic mass is 16.6. The van der Waals surface area contributed by atoms with Crippen molar-refractivity contribution in [1.29, 1.82) is 0 Å². The monoisotopic (exact) mass is 240 g/mol. The average Bonchev–Trinajstić information content (AvgIpc) is 2.14. The van der Waals surface area contributed by atoms with Gasteiger partial charge in [-0.25, -0.2) is 4.79 Å². The number of likely N-dealkylation sites (tertiary alicyclic amines) is 1. The number of nitrogens with zero attached hydrogens (tertiary/aromatic N) is 2. The molecule has 0 aromatic heterocycles. The Morgan fingerprint density at radius 2 is 2.06 bits per heavy atom. The summed E-state index contributed by atoms with van der Waals surface area (Å²) < 4.78 is 5.38. The molecule has 1 fully saturated rings. The fourth-order valence-corrected chi connectivity index (χ4v) is 1.85. The number of carbonyl (C=O) groups excluding carboxylic acids is 1. The zero-order valence-corrected chi connectivity index (χ0v) is 11.6. The third kappa shape index (κ3) is 5.11. The Kier molecular flexibility index (Phi) is 4.43. The summed E-state index contributed by atoms with van der Waals surface area (Å²) >= 11 is 0. The van der Waals surface area contributed by atoms with Crippen molar-refractivity contribution >= 4 is 6.09 Å². The van der Waals surface area contributed by atoms with Crippen LogP contribution in [-0.4, -0.2) is 48.7 Å². The molecule has 1 aliphatic heterocycles. The van der Waals surface area contributed by atoms with Crippen LogP contribution in [0.15, 0.2) is 11.8 Å². The molecule has 1 rings (SSSR count). The lowest BCUT2D eigenvalue weighted by atomic mass is 10.1. The summed E-state index contributed by atoms with van der Waals surface area (Å²) in [4.78, 5) is 15.7. The van der Waals surface area contributed by atoms with E-state index in [0.717, 1.165) is 19.4 Å². The highest BCUT2D eigenvalue weighted by molar-refractivity contribution is 5.68. The molecule has 0 unspecified atom stereocenters. The highest BCUT2D eigenvalue weighted by Crippen LogP contribution is 2.18. The molecule has 4 nitrogen and oxygen atoms in total. The second-order valence-electron chi connectivity index (χ2n) is 5.76. The molecule has 0 aromatic rings. The van der Waals surface area contributed by atoms with Gasteiger partial charge < -0.3 is 14.5 Å². The van der Waals surface area contributed by atoms with Gasteiger partial charge >= 0.3 is 6.09 Å². The summed E-state index contributed by atoms with van der Waals surface area (Å²) in [6.07, 6.45) is 3.97. The van der Waals surface area contributed by atoms with E-state index in [9.17, 15) is 4.79 Å². The first-order valence-electron chi connectivity index (χ1n) is 6.12. The Labute approximate surface area is 104 Å². The van der Waals surface area contributed by atoms with Crippen LogP contribution in [0.1, 0.15) is 33.6 Å². The van der Waals surface area contributed by atoms with Gasteiger partial charge in [-0.3, -0.25) is 0 Å². The van der Waals surface area contributed by atoms with E-state index in [1.165, 1.54) is 5.57 Å². The second kappa shape index (κ2) is 5.43. The predicted molar refractivity (Wildman–Crippen MR) is 68.8 cm³/mol. The summed E-state index contributed by atoms with van der Waals surface area (Å²) in [5, 5.41) is 0. The third-order valence-corrected chi connectivity index (χ3v) is 2.41. The zero-order valence-electron chi connectivity index (χ0n) is 11.6. The van der Waals surface area contributed by atoms with Crippen molar-refractivity contribution in [3.8, 4) is 0 Å². The number of ether oxygens (including phenoxy) is 1. The van der Waals surface area contributed by atoms with Crippen molar-refractivity contribution < 1.29 is 9.53 Å². The minimum absolute atomic E-state index is 0.207. The minimum atomic E-state index is -0.417. The van der Waals surface area contributed by atoms with E-state index >= 15 is 0 Å².